The van der Waals surface area contributed by atoms with Gasteiger partial charge in [0.1, 0.15) is 12.1 Å². The fourth-order valence-corrected chi connectivity index (χ4v) is 3.35. The fourth-order valence-electron chi connectivity index (χ4n) is 3.35. The van der Waals surface area contributed by atoms with Crippen LogP contribution in [0.25, 0.3) is 11.5 Å². The van der Waals surface area contributed by atoms with Crippen molar-refractivity contribution in [2.75, 3.05) is 5.32 Å². The van der Waals surface area contributed by atoms with E-state index in [0.717, 1.165) is 16.6 Å². The molecule has 9 nitrogen and oxygen atoms in total. The molecule has 1 N–H and O–H groups in total. The molecule has 1 atom stereocenters. The topological polar surface area (TPSA) is 111 Å². The van der Waals surface area contributed by atoms with Crippen LogP contribution in [0.5, 0.6) is 0 Å². The summed E-state index contributed by atoms with van der Waals surface area (Å²) in [6.45, 7) is 3.65. The molecule has 1 unspecified atom stereocenters. The molecule has 0 aliphatic rings. The number of anilines is 1. The molecule has 168 valence electrons. The number of amides is 1. The number of rotatable bonds is 8. The SMILES string of the molecule is CCC(C=Nc1c(C)c(=O)n(C)c(=O)n1C)CCC(=O)Nc1ccc(-c2ncco2)cc1. The van der Waals surface area contributed by atoms with Gasteiger partial charge in [0.15, 0.2) is 0 Å². The Morgan fingerprint density at radius 3 is 2.56 bits per heavy atom. The number of oxazole rings is 1. The Bertz CT molecular complexity index is 1180. The molecule has 1 amide bonds. The maximum Gasteiger partial charge on any atom is 0.332 e. The summed E-state index contributed by atoms with van der Waals surface area (Å²) in [6, 6.07) is 7.27. The molecule has 0 fully saturated rings. The lowest BCUT2D eigenvalue weighted by Crippen LogP contribution is -2.38. The van der Waals surface area contributed by atoms with E-state index in [1.54, 1.807) is 38.5 Å². The van der Waals surface area contributed by atoms with Gasteiger partial charge in [0.2, 0.25) is 11.8 Å². The Morgan fingerprint density at radius 2 is 1.94 bits per heavy atom. The average molecular weight is 438 g/mol. The standard InChI is InChI=1S/C23H27N5O4/c1-5-16(14-25-20-15(2)22(30)28(4)23(31)27(20)3)6-11-19(29)26-18-9-7-17(8-10-18)21-24-12-13-32-21/h7-10,12-14,16H,5-6,11H2,1-4H3,(H,26,29). The number of aromatic nitrogens is 3. The minimum Gasteiger partial charge on any atom is -0.445 e. The summed E-state index contributed by atoms with van der Waals surface area (Å²) in [5, 5.41) is 2.88. The molecule has 0 spiro atoms. The molecule has 32 heavy (non-hydrogen) atoms. The molecule has 2 heterocycles. The Hall–Kier alpha value is -3.75. The molecule has 0 aliphatic carbocycles. The summed E-state index contributed by atoms with van der Waals surface area (Å²) in [5.41, 5.74) is 1.15. The van der Waals surface area contributed by atoms with E-state index >= 15 is 0 Å². The number of aliphatic imine (C=N–C) groups is 1. The highest BCUT2D eigenvalue weighted by Crippen LogP contribution is 2.20. The molecular weight excluding hydrogens is 410 g/mol. The van der Waals surface area contributed by atoms with E-state index in [1.165, 1.54) is 17.9 Å². The number of carbonyl (C=O) groups is 1. The van der Waals surface area contributed by atoms with Gasteiger partial charge in [0, 0.05) is 38.0 Å². The van der Waals surface area contributed by atoms with E-state index in [0.29, 0.717) is 35.8 Å². The van der Waals surface area contributed by atoms with Crippen LogP contribution >= 0.6 is 0 Å². The van der Waals surface area contributed by atoms with E-state index in [2.05, 4.69) is 15.3 Å². The van der Waals surface area contributed by atoms with Crippen molar-refractivity contribution in [2.24, 2.45) is 25.0 Å². The Morgan fingerprint density at radius 1 is 1.22 bits per heavy atom. The molecule has 0 radical (unpaired) electrons. The molecule has 1 aromatic carbocycles. The van der Waals surface area contributed by atoms with Crippen molar-refractivity contribution in [3.05, 3.63) is 63.1 Å². The van der Waals surface area contributed by atoms with Crippen LogP contribution < -0.4 is 16.6 Å². The first kappa shape index (κ1) is 22.9. The van der Waals surface area contributed by atoms with Gasteiger partial charge in [-0.15, -0.1) is 0 Å². The molecule has 3 aromatic rings. The first-order valence-corrected chi connectivity index (χ1v) is 10.4. The van der Waals surface area contributed by atoms with Crippen molar-refractivity contribution < 1.29 is 9.21 Å². The van der Waals surface area contributed by atoms with Crippen LogP contribution in [0, 0.1) is 12.8 Å². The van der Waals surface area contributed by atoms with Crippen molar-refractivity contribution >= 4 is 23.6 Å². The molecule has 0 saturated heterocycles. The first-order chi connectivity index (χ1) is 15.3. The lowest BCUT2D eigenvalue weighted by atomic mass is 10.0. The highest BCUT2D eigenvalue weighted by molar-refractivity contribution is 5.91. The van der Waals surface area contributed by atoms with Gasteiger partial charge in [0.25, 0.3) is 5.56 Å². The van der Waals surface area contributed by atoms with E-state index < -0.39 is 5.69 Å². The van der Waals surface area contributed by atoms with E-state index in [4.69, 9.17) is 4.42 Å². The lowest BCUT2D eigenvalue weighted by Gasteiger charge is -2.12. The third-order valence-corrected chi connectivity index (χ3v) is 5.37. The van der Waals surface area contributed by atoms with Crippen LogP contribution in [0.15, 0.2) is 55.7 Å². The molecular formula is C23H27N5O4. The van der Waals surface area contributed by atoms with Gasteiger partial charge in [-0.05, 0) is 49.9 Å². The molecule has 0 aliphatic heterocycles. The highest BCUT2D eigenvalue weighted by Gasteiger charge is 2.13. The number of hydrogen-bond acceptors (Lipinski definition) is 6. The van der Waals surface area contributed by atoms with Crippen molar-refractivity contribution in [1.82, 2.24) is 14.1 Å². The second kappa shape index (κ2) is 10.0. The van der Waals surface area contributed by atoms with Gasteiger partial charge in [-0.25, -0.2) is 14.8 Å². The van der Waals surface area contributed by atoms with E-state index in [1.807, 2.05) is 19.1 Å². The second-order valence-corrected chi connectivity index (χ2v) is 7.60. The van der Waals surface area contributed by atoms with Gasteiger partial charge in [-0.1, -0.05) is 6.92 Å². The zero-order valence-electron chi connectivity index (χ0n) is 18.7. The number of benzene rings is 1. The minimum absolute atomic E-state index is 0.0340. The molecule has 0 saturated carbocycles. The summed E-state index contributed by atoms with van der Waals surface area (Å²) < 4.78 is 7.68. The monoisotopic (exact) mass is 437 g/mol. The molecule has 9 heteroatoms. The number of nitrogens with zero attached hydrogens (tertiary/aromatic N) is 4. The van der Waals surface area contributed by atoms with Crippen LogP contribution in [0.4, 0.5) is 11.5 Å². The van der Waals surface area contributed by atoms with E-state index in [-0.39, 0.29) is 17.4 Å². The van der Waals surface area contributed by atoms with Crippen LogP contribution in [-0.4, -0.2) is 26.2 Å². The average Bonchev–Trinajstić information content (AvgIpc) is 3.34. The maximum absolute atomic E-state index is 12.4. The van der Waals surface area contributed by atoms with Gasteiger partial charge in [0.05, 0.1) is 11.8 Å². The predicted octanol–water partition coefficient (Wildman–Crippen LogP) is 3.19. The van der Waals surface area contributed by atoms with Gasteiger partial charge in [-0.2, -0.15) is 0 Å². The van der Waals surface area contributed by atoms with E-state index in [9.17, 15) is 14.4 Å². The highest BCUT2D eigenvalue weighted by atomic mass is 16.3. The summed E-state index contributed by atoms with van der Waals surface area (Å²) in [4.78, 5) is 45.2. The number of nitrogens with one attached hydrogen (secondary N) is 1. The van der Waals surface area contributed by atoms with Crippen molar-refractivity contribution in [2.45, 2.75) is 33.1 Å². The molecule has 2 aromatic heterocycles. The zero-order valence-corrected chi connectivity index (χ0v) is 18.7. The number of carbonyl (C=O) groups excluding carboxylic acids is 1. The summed E-state index contributed by atoms with van der Waals surface area (Å²) in [5.74, 6) is 0.800. The zero-order chi connectivity index (χ0) is 23.3. The molecule has 3 rings (SSSR count). The smallest absolute Gasteiger partial charge is 0.332 e. The van der Waals surface area contributed by atoms with Crippen molar-refractivity contribution in [3.63, 3.8) is 0 Å². The fraction of sp³-hybridized carbons (Fsp3) is 0.348. The van der Waals surface area contributed by atoms with Crippen LogP contribution in [0.2, 0.25) is 0 Å². The lowest BCUT2D eigenvalue weighted by molar-refractivity contribution is -0.116. The first-order valence-electron chi connectivity index (χ1n) is 10.4. The van der Waals surface area contributed by atoms with Gasteiger partial charge < -0.3 is 9.73 Å². The normalized spacial score (nSPS) is 12.2. The number of hydrogen-bond donors (Lipinski definition) is 1. The quantitative estimate of drug-likeness (QED) is 0.544. The van der Waals surface area contributed by atoms with Gasteiger partial charge in [-0.3, -0.25) is 18.7 Å². The largest absolute Gasteiger partial charge is 0.445 e. The second-order valence-electron chi connectivity index (χ2n) is 7.60. The van der Waals surface area contributed by atoms with Gasteiger partial charge >= 0.3 is 5.69 Å². The van der Waals surface area contributed by atoms with Crippen LogP contribution in [0.3, 0.4) is 0 Å². The Labute approximate surface area is 185 Å². The summed E-state index contributed by atoms with van der Waals surface area (Å²) in [6.07, 6.45) is 6.51. The molecule has 0 bridgehead atoms. The summed E-state index contributed by atoms with van der Waals surface area (Å²) in [7, 11) is 3.03. The third-order valence-electron chi connectivity index (χ3n) is 5.37. The minimum atomic E-state index is -0.422. The third kappa shape index (κ3) is 5.11. The van der Waals surface area contributed by atoms with Crippen molar-refractivity contribution in [3.8, 4) is 11.5 Å². The summed E-state index contributed by atoms with van der Waals surface area (Å²) >= 11 is 0. The Balaban J connectivity index is 1.60. The maximum atomic E-state index is 12.4. The van der Waals surface area contributed by atoms with Crippen LogP contribution in [0.1, 0.15) is 31.7 Å². The van der Waals surface area contributed by atoms with Crippen molar-refractivity contribution in [1.29, 1.82) is 0 Å². The Kier molecular flexibility index (Phi) is 7.19. The van der Waals surface area contributed by atoms with Crippen LogP contribution in [-0.2, 0) is 18.9 Å². The predicted molar refractivity (Wildman–Crippen MR) is 123 cm³/mol.